The van der Waals surface area contributed by atoms with Crippen LogP contribution in [0.15, 0.2) is 53.0 Å². The van der Waals surface area contributed by atoms with Crippen LogP contribution in [-0.2, 0) is 11.2 Å². The third-order valence-electron chi connectivity index (χ3n) is 3.57. The van der Waals surface area contributed by atoms with Crippen molar-refractivity contribution in [2.45, 2.75) is 12.5 Å². The van der Waals surface area contributed by atoms with E-state index >= 15 is 0 Å². The van der Waals surface area contributed by atoms with Gasteiger partial charge < -0.3 is 5.11 Å². The number of anilines is 1. The molecule has 3 rings (SSSR count). The van der Waals surface area contributed by atoms with Gasteiger partial charge in [0.15, 0.2) is 0 Å². The zero-order valence-electron chi connectivity index (χ0n) is 11.0. The monoisotopic (exact) mass is 345 g/mol. The highest BCUT2D eigenvalue weighted by Crippen LogP contribution is 2.33. The maximum absolute atomic E-state index is 12.7. The zero-order valence-corrected chi connectivity index (χ0v) is 12.6. The Bertz CT molecular complexity index is 712. The fourth-order valence-electron chi connectivity index (χ4n) is 2.57. The average molecular weight is 346 g/mol. The van der Waals surface area contributed by atoms with Crippen molar-refractivity contribution in [3.05, 3.63) is 64.1 Å². The van der Waals surface area contributed by atoms with Gasteiger partial charge in [-0.3, -0.25) is 9.69 Å². The molecule has 1 amide bonds. The Labute approximate surface area is 130 Å². The summed E-state index contributed by atoms with van der Waals surface area (Å²) in [5, 5.41) is 9.39. The molecule has 0 aliphatic carbocycles. The fourth-order valence-corrected chi connectivity index (χ4v) is 2.83. The number of hydrogen-bond acceptors (Lipinski definition) is 2. The Morgan fingerprint density at radius 2 is 1.76 bits per heavy atom. The van der Waals surface area contributed by atoms with Gasteiger partial charge in [0.25, 0.3) is 5.91 Å². The van der Waals surface area contributed by atoms with E-state index in [2.05, 4.69) is 15.9 Å². The number of benzene rings is 2. The SMILES string of the molecule is O=C(O)[C@@H]1Cc2ccccc2N1C(=O)c1ccc(Br)cc1. The molecule has 1 heterocycles. The van der Waals surface area contributed by atoms with Gasteiger partial charge in [0.2, 0.25) is 0 Å². The van der Waals surface area contributed by atoms with Crippen molar-refractivity contribution < 1.29 is 14.7 Å². The van der Waals surface area contributed by atoms with E-state index in [0.29, 0.717) is 17.7 Å². The summed E-state index contributed by atoms with van der Waals surface area (Å²) in [6.07, 6.45) is 0.341. The highest BCUT2D eigenvalue weighted by molar-refractivity contribution is 9.10. The molecule has 106 valence electrons. The van der Waals surface area contributed by atoms with Crippen molar-refractivity contribution in [1.29, 1.82) is 0 Å². The first-order chi connectivity index (χ1) is 10.1. The minimum atomic E-state index is -0.989. The number of rotatable bonds is 2. The molecule has 1 aliphatic rings. The number of nitrogens with zero attached hydrogens (tertiary/aromatic N) is 1. The number of carbonyl (C=O) groups excluding carboxylic acids is 1. The number of halogens is 1. The summed E-state index contributed by atoms with van der Waals surface area (Å²) in [6.45, 7) is 0. The van der Waals surface area contributed by atoms with Gasteiger partial charge in [-0.15, -0.1) is 0 Å². The molecule has 1 atom stereocenters. The number of carboxylic acid groups (broad SMARTS) is 1. The first-order valence-corrected chi connectivity index (χ1v) is 7.27. The van der Waals surface area contributed by atoms with Crippen LogP contribution in [0.1, 0.15) is 15.9 Å². The normalized spacial score (nSPS) is 16.6. The third kappa shape index (κ3) is 2.45. The van der Waals surface area contributed by atoms with Crippen molar-refractivity contribution >= 4 is 33.5 Å². The lowest BCUT2D eigenvalue weighted by Gasteiger charge is -2.22. The molecule has 1 aliphatic heterocycles. The Morgan fingerprint density at radius 1 is 1.10 bits per heavy atom. The van der Waals surface area contributed by atoms with Crippen LogP contribution in [0, 0.1) is 0 Å². The predicted molar refractivity (Wildman–Crippen MR) is 82.5 cm³/mol. The third-order valence-corrected chi connectivity index (χ3v) is 4.10. The highest BCUT2D eigenvalue weighted by Gasteiger charge is 2.38. The standard InChI is InChI=1S/C16H12BrNO3/c17-12-7-5-10(6-8-12)15(19)18-13-4-2-1-3-11(13)9-14(18)16(20)21/h1-8,14H,9H2,(H,20,21)/t14-/m0/s1. The average Bonchev–Trinajstić information content (AvgIpc) is 2.87. The molecule has 21 heavy (non-hydrogen) atoms. The molecular weight excluding hydrogens is 334 g/mol. The van der Waals surface area contributed by atoms with Gasteiger partial charge in [0, 0.05) is 22.1 Å². The number of para-hydroxylation sites is 1. The van der Waals surface area contributed by atoms with Gasteiger partial charge >= 0.3 is 5.97 Å². The van der Waals surface area contributed by atoms with Crippen LogP contribution >= 0.6 is 15.9 Å². The molecule has 0 unspecified atom stereocenters. The number of carbonyl (C=O) groups is 2. The van der Waals surface area contributed by atoms with E-state index < -0.39 is 12.0 Å². The summed E-state index contributed by atoms with van der Waals surface area (Å²) in [7, 11) is 0. The topological polar surface area (TPSA) is 57.6 Å². The Kier molecular flexibility index (Phi) is 3.51. The summed E-state index contributed by atoms with van der Waals surface area (Å²) in [4.78, 5) is 25.5. The lowest BCUT2D eigenvalue weighted by Crippen LogP contribution is -2.42. The molecule has 0 saturated heterocycles. The van der Waals surface area contributed by atoms with Gasteiger partial charge in [0.1, 0.15) is 6.04 Å². The van der Waals surface area contributed by atoms with Gasteiger partial charge in [-0.25, -0.2) is 4.79 Å². The Hall–Kier alpha value is -2.14. The van der Waals surface area contributed by atoms with E-state index in [1.165, 1.54) is 4.90 Å². The van der Waals surface area contributed by atoms with E-state index in [1.807, 2.05) is 18.2 Å². The van der Waals surface area contributed by atoms with E-state index in [4.69, 9.17) is 0 Å². The lowest BCUT2D eigenvalue weighted by atomic mass is 10.1. The lowest BCUT2D eigenvalue weighted by molar-refractivity contribution is -0.138. The Morgan fingerprint density at radius 3 is 2.43 bits per heavy atom. The Balaban J connectivity index is 2.03. The molecule has 0 fully saturated rings. The summed E-state index contributed by atoms with van der Waals surface area (Å²) >= 11 is 3.32. The second-order valence-corrected chi connectivity index (χ2v) is 5.78. The quantitative estimate of drug-likeness (QED) is 0.909. The molecule has 0 radical (unpaired) electrons. The summed E-state index contributed by atoms with van der Waals surface area (Å²) in [6, 6.07) is 13.4. The molecule has 0 saturated carbocycles. The largest absolute Gasteiger partial charge is 0.480 e. The minimum absolute atomic E-state index is 0.292. The van der Waals surface area contributed by atoms with Crippen LogP contribution in [0.4, 0.5) is 5.69 Å². The molecule has 5 heteroatoms. The van der Waals surface area contributed by atoms with Crippen LogP contribution in [0.5, 0.6) is 0 Å². The van der Waals surface area contributed by atoms with E-state index in [0.717, 1.165) is 10.0 Å². The molecule has 2 aromatic rings. The van der Waals surface area contributed by atoms with Gasteiger partial charge in [-0.1, -0.05) is 34.1 Å². The summed E-state index contributed by atoms with van der Waals surface area (Å²) < 4.78 is 0.871. The molecule has 0 aromatic heterocycles. The first-order valence-electron chi connectivity index (χ1n) is 6.48. The van der Waals surface area contributed by atoms with Crippen LogP contribution in [0.2, 0.25) is 0 Å². The van der Waals surface area contributed by atoms with E-state index in [1.54, 1.807) is 30.3 Å². The fraction of sp³-hybridized carbons (Fsp3) is 0.125. The number of fused-ring (bicyclic) bond motifs is 1. The molecule has 0 bridgehead atoms. The summed E-state index contributed by atoms with van der Waals surface area (Å²) in [5.41, 5.74) is 2.04. The maximum Gasteiger partial charge on any atom is 0.327 e. The van der Waals surface area contributed by atoms with Gasteiger partial charge in [-0.05, 0) is 35.9 Å². The second kappa shape index (κ2) is 5.33. The summed E-state index contributed by atoms with van der Waals surface area (Å²) in [5.74, 6) is -1.28. The molecule has 0 spiro atoms. The second-order valence-electron chi connectivity index (χ2n) is 4.87. The van der Waals surface area contributed by atoms with Crippen LogP contribution < -0.4 is 4.90 Å². The number of hydrogen-bond donors (Lipinski definition) is 1. The molecular formula is C16H12BrNO3. The van der Waals surface area contributed by atoms with Crippen LogP contribution in [0.25, 0.3) is 0 Å². The van der Waals surface area contributed by atoms with Crippen molar-refractivity contribution in [3.8, 4) is 0 Å². The zero-order chi connectivity index (χ0) is 15.0. The van der Waals surface area contributed by atoms with Crippen molar-refractivity contribution in [1.82, 2.24) is 0 Å². The van der Waals surface area contributed by atoms with E-state index in [-0.39, 0.29) is 5.91 Å². The smallest absolute Gasteiger partial charge is 0.327 e. The van der Waals surface area contributed by atoms with Gasteiger partial charge in [-0.2, -0.15) is 0 Å². The molecule has 1 N–H and O–H groups in total. The first kappa shape index (κ1) is 13.8. The molecule has 4 nitrogen and oxygen atoms in total. The van der Waals surface area contributed by atoms with Crippen molar-refractivity contribution in [2.75, 3.05) is 4.90 Å². The maximum atomic E-state index is 12.7. The molecule has 2 aromatic carbocycles. The van der Waals surface area contributed by atoms with Crippen LogP contribution in [0.3, 0.4) is 0 Å². The highest BCUT2D eigenvalue weighted by atomic mass is 79.9. The van der Waals surface area contributed by atoms with E-state index in [9.17, 15) is 14.7 Å². The minimum Gasteiger partial charge on any atom is -0.480 e. The van der Waals surface area contributed by atoms with Crippen LogP contribution in [-0.4, -0.2) is 23.0 Å². The van der Waals surface area contributed by atoms with Crippen molar-refractivity contribution in [3.63, 3.8) is 0 Å². The number of amides is 1. The number of carboxylic acids is 1. The van der Waals surface area contributed by atoms with Crippen molar-refractivity contribution in [2.24, 2.45) is 0 Å². The predicted octanol–water partition coefficient (Wildman–Crippen LogP) is 3.11. The number of aliphatic carboxylic acids is 1. The van der Waals surface area contributed by atoms with Gasteiger partial charge in [0.05, 0.1) is 0 Å².